The average molecular weight is 184 g/mol. The Morgan fingerprint density at radius 3 is 2.85 bits per heavy atom. The van der Waals surface area contributed by atoms with Crippen molar-refractivity contribution in [2.24, 2.45) is 17.8 Å². The topological polar surface area (TPSA) is 27.7 Å². The average Bonchev–Trinajstić information content (AvgIpc) is 2.57. The van der Waals surface area contributed by atoms with Crippen LogP contribution in [-0.2, 0) is 14.2 Å². The first-order chi connectivity index (χ1) is 6.37. The van der Waals surface area contributed by atoms with Crippen molar-refractivity contribution < 1.29 is 14.2 Å². The van der Waals surface area contributed by atoms with Crippen LogP contribution in [0.1, 0.15) is 12.8 Å². The summed E-state index contributed by atoms with van der Waals surface area (Å²) in [6.07, 6.45) is 2.36. The first-order valence-corrected chi connectivity index (χ1v) is 5.14. The summed E-state index contributed by atoms with van der Waals surface area (Å²) in [6, 6.07) is 0. The summed E-state index contributed by atoms with van der Waals surface area (Å²) in [4.78, 5) is 0. The van der Waals surface area contributed by atoms with Crippen molar-refractivity contribution in [1.29, 1.82) is 0 Å². The lowest BCUT2D eigenvalue weighted by molar-refractivity contribution is -0.172. The third kappa shape index (κ3) is 1.01. The molecule has 74 valence electrons. The summed E-state index contributed by atoms with van der Waals surface area (Å²) in [7, 11) is 1.77. The number of rotatable bonds is 2. The first kappa shape index (κ1) is 8.21. The second-order valence-electron chi connectivity index (χ2n) is 4.36. The van der Waals surface area contributed by atoms with Crippen molar-refractivity contribution in [2.75, 3.05) is 26.9 Å². The van der Waals surface area contributed by atoms with Crippen molar-refractivity contribution >= 4 is 0 Å². The van der Waals surface area contributed by atoms with Gasteiger partial charge in [0.05, 0.1) is 13.2 Å². The maximum atomic E-state index is 5.75. The van der Waals surface area contributed by atoms with Gasteiger partial charge in [-0.05, 0) is 18.3 Å². The zero-order chi connectivity index (χ0) is 8.89. The summed E-state index contributed by atoms with van der Waals surface area (Å²) in [5, 5.41) is 0. The van der Waals surface area contributed by atoms with Crippen LogP contribution in [0.2, 0.25) is 0 Å². The van der Waals surface area contributed by atoms with E-state index in [0.29, 0.717) is 11.8 Å². The van der Waals surface area contributed by atoms with Gasteiger partial charge in [-0.25, -0.2) is 0 Å². The van der Waals surface area contributed by atoms with Gasteiger partial charge < -0.3 is 14.2 Å². The second kappa shape index (κ2) is 2.69. The van der Waals surface area contributed by atoms with Gasteiger partial charge in [-0.3, -0.25) is 0 Å². The van der Waals surface area contributed by atoms with Crippen LogP contribution in [-0.4, -0.2) is 32.7 Å². The normalized spacial score (nSPS) is 45.5. The lowest BCUT2D eigenvalue weighted by Gasteiger charge is -2.24. The molecule has 13 heavy (non-hydrogen) atoms. The maximum Gasteiger partial charge on any atom is 0.171 e. The summed E-state index contributed by atoms with van der Waals surface area (Å²) < 4.78 is 16.7. The van der Waals surface area contributed by atoms with E-state index in [9.17, 15) is 0 Å². The molecule has 1 heterocycles. The Morgan fingerprint density at radius 1 is 1.38 bits per heavy atom. The molecule has 0 aromatic carbocycles. The van der Waals surface area contributed by atoms with Crippen molar-refractivity contribution in [3.63, 3.8) is 0 Å². The zero-order valence-electron chi connectivity index (χ0n) is 7.99. The molecule has 0 aromatic heterocycles. The van der Waals surface area contributed by atoms with Crippen LogP contribution < -0.4 is 0 Å². The fourth-order valence-electron chi connectivity index (χ4n) is 3.25. The number of ether oxygens (including phenoxy) is 3. The van der Waals surface area contributed by atoms with E-state index in [0.717, 1.165) is 32.2 Å². The highest BCUT2D eigenvalue weighted by Gasteiger charge is 2.68. The fourth-order valence-corrected chi connectivity index (χ4v) is 3.25. The van der Waals surface area contributed by atoms with E-state index < -0.39 is 0 Å². The molecule has 0 radical (unpaired) electrons. The van der Waals surface area contributed by atoms with Crippen LogP contribution in [0.15, 0.2) is 0 Å². The van der Waals surface area contributed by atoms with Crippen LogP contribution in [0.4, 0.5) is 0 Å². The van der Waals surface area contributed by atoms with Crippen molar-refractivity contribution in [2.45, 2.75) is 18.6 Å². The maximum absolute atomic E-state index is 5.75. The lowest BCUT2D eigenvalue weighted by Crippen LogP contribution is -2.31. The third-order valence-electron chi connectivity index (χ3n) is 3.80. The number of hydrogen-bond acceptors (Lipinski definition) is 3. The van der Waals surface area contributed by atoms with Crippen molar-refractivity contribution in [3.05, 3.63) is 0 Å². The van der Waals surface area contributed by atoms with Gasteiger partial charge in [-0.1, -0.05) is 0 Å². The lowest BCUT2D eigenvalue weighted by atomic mass is 10.1. The number of hydrogen-bond donors (Lipinski definition) is 0. The minimum absolute atomic E-state index is 0.187. The first-order valence-electron chi connectivity index (χ1n) is 5.14. The molecule has 3 rings (SSSR count). The van der Waals surface area contributed by atoms with E-state index in [2.05, 4.69) is 0 Å². The van der Waals surface area contributed by atoms with Gasteiger partial charge in [0.1, 0.15) is 0 Å². The van der Waals surface area contributed by atoms with Gasteiger partial charge >= 0.3 is 0 Å². The molecule has 2 aliphatic carbocycles. The molecule has 1 saturated heterocycles. The predicted molar refractivity (Wildman–Crippen MR) is 46.2 cm³/mol. The van der Waals surface area contributed by atoms with E-state index in [1.165, 1.54) is 6.42 Å². The number of fused-ring (bicyclic) bond motifs is 2. The van der Waals surface area contributed by atoms with Crippen LogP contribution >= 0.6 is 0 Å². The van der Waals surface area contributed by atoms with Crippen LogP contribution in [0.25, 0.3) is 0 Å². The molecule has 0 bridgehead atoms. The van der Waals surface area contributed by atoms with Crippen LogP contribution in [0.5, 0.6) is 0 Å². The molecule has 1 spiro atoms. The highest BCUT2D eigenvalue weighted by molar-refractivity contribution is 5.11. The van der Waals surface area contributed by atoms with Crippen molar-refractivity contribution in [1.82, 2.24) is 0 Å². The Hall–Kier alpha value is -0.120. The Balaban J connectivity index is 1.72. The molecular formula is C10H16O3. The highest BCUT2D eigenvalue weighted by Crippen LogP contribution is 2.64. The third-order valence-corrected chi connectivity index (χ3v) is 3.80. The van der Waals surface area contributed by atoms with E-state index in [1.54, 1.807) is 7.11 Å². The smallest absolute Gasteiger partial charge is 0.171 e. The molecule has 3 atom stereocenters. The minimum Gasteiger partial charge on any atom is -0.384 e. The molecule has 3 aliphatic rings. The molecule has 3 nitrogen and oxygen atoms in total. The van der Waals surface area contributed by atoms with Gasteiger partial charge in [0, 0.05) is 26.1 Å². The Labute approximate surface area is 78.3 Å². The van der Waals surface area contributed by atoms with E-state index in [4.69, 9.17) is 14.2 Å². The van der Waals surface area contributed by atoms with Gasteiger partial charge in [-0.15, -0.1) is 0 Å². The van der Waals surface area contributed by atoms with Crippen LogP contribution in [0, 0.1) is 17.8 Å². The molecule has 2 saturated carbocycles. The van der Waals surface area contributed by atoms with Crippen molar-refractivity contribution in [3.8, 4) is 0 Å². The molecule has 3 heteroatoms. The Morgan fingerprint density at radius 2 is 2.15 bits per heavy atom. The van der Waals surface area contributed by atoms with E-state index in [1.807, 2.05) is 0 Å². The molecule has 0 N–H and O–H groups in total. The van der Waals surface area contributed by atoms with Gasteiger partial charge in [0.2, 0.25) is 0 Å². The summed E-state index contributed by atoms with van der Waals surface area (Å²) >= 11 is 0. The van der Waals surface area contributed by atoms with E-state index in [-0.39, 0.29) is 5.79 Å². The summed E-state index contributed by atoms with van der Waals surface area (Å²) in [5.41, 5.74) is 0. The van der Waals surface area contributed by atoms with Gasteiger partial charge in [0.25, 0.3) is 0 Å². The summed E-state index contributed by atoms with van der Waals surface area (Å²) in [5.74, 6) is 1.97. The Kier molecular flexibility index (Phi) is 1.70. The molecule has 0 aromatic rings. The molecule has 1 aliphatic heterocycles. The molecule has 0 unspecified atom stereocenters. The monoisotopic (exact) mass is 184 g/mol. The largest absolute Gasteiger partial charge is 0.384 e. The Bertz CT molecular complexity index is 205. The predicted octanol–water partition coefficient (Wildman–Crippen LogP) is 1.03. The quantitative estimate of drug-likeness (QED) is 0.641. The molecule has 0 amide bonds. The molecule has 3 fully saturated rings. The summed E-state index contributed by atoms with van der Waals surface area (Å²) in [6.45, 7) is 2.44. The van der Waals surface area contributed by atoms with Gasteiger partial charge in [0.15, 0.2) is 5.79 Å². The second-order valence-corrected chi connectivity index (χ2v) is 4.36. The highest BCUT2D eigenvalue weighted by atomic mass is 16.7. The number of methoxy groups -OCH3 is 1. The van der Waals surface area contributed by atoms with Crippen LogP contribution in [0.3, 0.4) is 0 Å². The van der Waals surface area contributed by atoms with Gasteiger partial charge in [-0.2, -0.15) is 0 Å². The standard InChI is InChI=1S/C10H16O3/c1-11-6-8-7-2-3-10(9(7)8)12-4-5-13-10/h7-9H,2-6H2,1H3/t7-,8+,9-/m0/s1. The fraction of sp³-hybridized carbons (Fsp3) is 1.00. The zero-order valence-corrected chi connectivity index (χ0v) is 7.99. The minimum atomic E-state index is -0.187. The molecular weight excluding hydrogens is 168 g/mol. The SMILES string of the molecule is COC[C@@H]1[C@@H]2CCC3(OCCO3)[C@H]12. The van der Waals surface area contributed by atoms with E-state index >= 15 is 0 Å².